The molecule has 0 amide bonds. The summed E-state index contributed by atoms with van der Waals surface area (Å²) < 4.78 is 0.595. The first-order valence-electron chi connectivity index (χ1n) is 4.45. The largest absolute Gasteiger partial charge is 0.303 e. The van der Waals surface area contributed by atoms with Gasteiger partial charge in [-0.25, -0.2) is 0 Å². The second-order valence-electron chi connectivity index (χ2n) is 5.10. The summed E-state index contributed by atoms with van der Waals surface area (Å²) >= 11 is 3.86. The van der Waals surface area contributed by atoms with E-state index in [1.165, 1.54) is 6.29 Å². The van der Waals surface area contributed by atoms with Gasteiger partial charge in [0.15, 0.2) is 0 Å². The van der Waals surface area contributed by atoms with Gasteiger partial charge in [0.1, 0.15) is 6.29 Å². The lowest BCUT2D eigenvalue weighted by Crippen LogP contribution is -3.11. The Morgan fingerprint density at radius 3 is 1.82 bits per heavy atom. The van der Waals surface area contributed by atoms with E-state index in [9.17, 15) is 4.79 Å². The Morgan fingerprint density at radius 2 is 1.45 bits per heavy atom. The van der Waals surface area contributed by atoms with Gasteiger partial charge in [-0.15, -0.1) is 0 Å². The van der Waals surface area contributed by atoms with Gasteiger partial charge in [-0.3, -0.25) is 0 Å². The highest BCUT2D eigenvalue weighted by atomic mass is 79.9. The summed E-state index contributed by atoms with van der Waals surface area (Å²) in [7, 11) is 0. The van der Waals surface area contributed by atoms with Crippen LogP contribution in [-0.4, -0.2) is 10.6 Å². The van der Waals surface area contributed by atoms with E-state index in [2.05, 4.69) is 15.9 Å². The lowest BCUT2D eigenvalue weighted by Gasteiger charge is -3.09. The second-order valence-corrected chi connectivity index (χ2v) is 6.47. The SMILES string of the molecule is O=CC12C3C4C1C1C2C3C41Br. The molecule has 56 valence electrons. The van der Waals surface area contributed by atoms with Crippen LogP contribution in [0.1, 0.15) is 0 Å². The van der Waals surface area contributed by atoms with Crippen LogP contribution in [0.3, 0.4) is 0 Å². The molecule has 6 saturated carbocycles. The van der Waals surface area contributed by atoms with Gasteiger partial charge < -0.3 is 4.79 Å². The summed E-state index contributed by atoms with van der Waals surface area (Å²) in [5.74, 6) is 5.35. The van der Waals surface area contributed by atoms with Gasteiger partial charge in [0.05, 0.1) is 0 Å². The van der Waals surface area contributed by atoms with E-state index in [4.69, 9.17) is 0 Å². The monoisotopic (exact) mass is 210 g/mol. The summed E-state index contributed by atoms with van der Waals surface area (Å²) in [6, 6.07) is 0. The fourth-order valence-electron chi connectivity index (χ4n) is 5.72. The van der Waals surface area contributed by atoms with Crippen LogP contribution in [0.15, 0.2) is 0 Å². The molecule has 0 bridgehead atoms. The van der Waals surface area contributed by atoms with Gasteiger partial charge in [-0.2, -0.15) is 0 Å². The molecule has 0 unspecified atom stereocenters. The van der Waals surface area contributed by atoms with Crippen molar-refractivity contribution >= 4 is 22.2 Å². The number of halogens is 1. The molecule has 6 aliphatic carbocycles. The number of rotatable bonds is 1. The standard InChI is InChI=1S/C9H7BrO/c10-9-5-2-6(9)4-7(9)3(5)8(2,4)1-11/h1-7H. The average Bonchev–Trinajstić information content (AvgIpc) is 2.06. The van der Waals surface area contributed by atoms with Crippen molar-refractivity contribution < 1.29 is 4.79 Å². The molecule has 0 radical (unpaired) electrons. The maximum absolute atomic E-state index is 10.9. The summed E-state index contributed by atoms with van der Waals surface area (Å²) in [6.07, 6.45) is 1.29. The Bertz CT molecular complexity index is 281. The number of hydrogen-bond donors (Lipinski definition) is 0. The summed E-state index contributed by atoms with van der Waals surface area (Å²) in [6.45, 7) is 0. The highest BCUT2D eigenvalue weighted by molar-refractivity contribution is 9.10. The summed E-state index contributed by atoms with van der Waals surface area (Å²) in [5, 5.41) is 0. The minimum absolute atomic E-state index is 0.273. The van der Waals surface area contributed by atoms with E-state index in [1.807, 2.05) is 0 Å². The van der Waals surface area contributed by atoms with Crippen LogP contribution >= 0.6 is 15.9 Å². The predicted molar refractivity (Wildman–Crippen MR) is 41.1 cm³/mol. The quantitative estimate of drug-likeness (QED) is 0.468. The van der Waals surface area contributed by atoms with Crippen LogP contribution in [0.4, 0.5) is 0 Å². The molecule has 0 atom stereocenters. The van der Waals surface area contributed by atoms with Gasteiger partial charge >= 0.3 is 0 Å². The van der Waals surface area contributed by atoms with Crippen LogP contribution < -0.4 is 0 Å². The Kier molecular flexibility index (Phi) is 0.398. The molecule has 0 aromatic carbocycles. The van der Waals surface area contributed by atoms with E-state index in [0.29, 0.717) is 4.32 Å². The zero-order valence-electron chi connectivity index (χ0n) is 5.83. The zero-order chi connectivity index (χ0) is 7.17. The molecule has 0 spiro atoms. The third kappa shape index (κ3) is 0.169. The van der Waals surface area contributed by atoms with E-state index in [1.54, 1.807) is 0 Å². The molecule has 0 aromatic heterocycles. The smallest absolute Gasteiger partial charge is 0.127 e. The molecule has 0 aliphatic heterocycles. The minimum Gasteiger partial charge on any atom is -0.303 e. The van der Waals surface area contributed by atoms with E-state index in [-0.39, 0.29) is 5.41 Å². The van der Waals surface area contributed by atoms with Crippen LogP contribution in [0.25, 0.3) is 0 Å². The van der Waals surface area contributed by atoms with Crippen molar-refractivity contribution in [3.05, 3.63) is 0 Å². The maximum atomic E-state index is 10.9. The minimum atomic E-state index is 0.273. The third-order valence-electron chi connectivity index (χ3n) is 5.79. The molecular formula is C9H7BrO. The summed E-state index contributed by atoms with van der Waals surface area (Å²) in [4.78, 5) is 10.9. The van der Waals surface area contributed by atoms with Crippen molar-refractivity contribution in [2.45, 2.75) is 4.32 Å². The first kappa shape index (κ1) is 5.00. The molecule has 0 heterocycles. The third-order valence-corrected chi connectivity index (χ3v) is 7.38. The Balaban J connectivity index is 1.81. The maximum Gasteiger partial charge on any atom is 0.127 e. The lowest BCUT2D eigenvalue weighted by molar-refractivity contribution is -0.572. The number of carbonyl (C=O) groups excluding carboxylic acids is 1. The van der Waals surface area contributed by atoms with E-state index < -0.39 is 0 Å². The number of aldehydes is 1. The highest BCUT2D eigenvalue weighted by Gasteiger charge is 3.09. The second kappa shape index (κ2) is 0.876. The Morgan fingerprint density at radius 1 is 1.00 bits per heavy atom. The van der Waals surface area contributed by atoms with Gasteiger partial charge in [0.25, 0.3) is 0 Å². The van der Waals surface area contributed by atoms with E-state index >= 15 is 0 Å². The van der Waals surface area contributed by atoms with Gasteiger partial charge in [0, 0.05) is 9.74 Å². The molecule has 0 aromatic rings. The van der Waals surface area contributed by atoms with Crippen LogP contribution in [0.2, 0.25) is 0 Å². The van der Waals surface area contributed by atoms with Crippen molar-refractivity contribution in [1.82, 2.24) is 0 Å². The average molecular weight is 211 g/mol. The molecule has 6 rings (SSSR count). The van der Waals surface area contributed by atoms with Crippen molar-refractivity contribution in [2.24, 2.45) is 40.9 Å². The molecule has 2 heteroatoms. The molecule has 11 heavy (non-hydrogen) atoms. The van der Waals surface area contributed by atoms with Gasteiger partial charge in [-0.1, -0.05) is 15.9 Å². The molecule has 0 saturated heterocycles. The normalized spacial score (nSPS) is 95.0. The van der Waals surface area contributed by atoms with Crippen molar-refractivity contribution in [3.63, 3.8) is 0 Å². The number of alkyl halides is 1. The van der Waals surface area contributed by atoms with Crippen LogP contribution in [0.5, 0.6) is 0 Å². The predicted octanol–water partition coefficient (Wildman–Crippen LogP) is 1.07. The lowest BCUT2D eigenvalue weighted by atomic mass is 8.96. The van der Waals surface area contributed by atoms with Crippen molar-refractivity contribution in [2.75, 3.05) is 0 Å². The Labute approximate surface area is 72.7 Å². The first-order valence-corrected chi connectivity index (χ1v) is 5.24. The number of carbonyl (C=O) groups is 1. The fourth-order valence-corrected chi connectivity index (χ4v) is 7.42. The van der Waals surface area contributed by atoms with Crippen LogP contribution in [-0.2, 0) is 4.79 Å². The molecule has 6 aliphatic rings. The van der Waals surface area contributed by atoms with E-state index in [0.717, 1.165) is 35.5 Å². The highest BCUT2D eigenvalue weighted by Crippen LogP contribution is 3.08. The zero-order valence-corrected chi connectivity index (χ0v) is 7.41. The fraction of sp³-hybridized carbons (Fsp3) is 0.889. The topological polar surface area (TPSA) is 17.1 Å². The van der Waals surface area contributed by atoms with Crippen molar-refractivity contribution in [3.8, 4) is 0 Å². The molecule has 6 fully saturated rings. The molecule has 1 nitrogen and oxygen atoms in total. The van der Waals surface area contributed by atoms with Gasteiger partial charge in [0.2, 0.25) is 0 Å². The first-order chi connectivity index (χ1) is 5.29. The summed E-state index contributed by atoms with van der Waals surface area (Å²) in [5.41, 5.74) is 0.273. The van der Waals surface area contributed by atoms with Crippen molar-refractivity contribution in [1.29, 1.82) is 0 Å². The number of hydrogen-bond acceptors (Lipinski definition) is 1. The van der Waals surface area contributed by atoms with Crippen LogP contribution in [0, 0.1) is 40.9 Å². The van der Waals surface area contributed by atoms with Gasteiger partial charge in [-0.05, 0) is 35.5 Å². The molecular weight excluding hydrogens is 204 g/mol. The molecule has 0 N–H and O–H groups in total. The Hall–Kier alpha value is 0.150.